The second-order valence-electron chi connectivity index (χ2n) is 4.06. The quantitative estimate of drug-likeness (QED) is 0.835. The molecule has 0 unspecified atom stereocenters. The maximum atomic E-state index is 12.0. The van der Waals surface area contributed by atoms with Crippen molar-refractivity contribution in [1.82, 2.24) is 0 Å². The van der Waals surface area contributed by atoms with E-state index in [1.54, 1.807) is 37.3 Å². The topological polar surface area (TPSA) is 68.3 Å². The Hall–Kier alpha value is -2.22. The fourth-order valence-corrected chi connectivity index (χ4v) is 1.79. The lowest BCUT2D eigenvalue weighted by molar-refractivity contribution is 0.0995. The summed E-state index contributed by atoms with van der Waals surface area (Å²) in [7, 11) is 0. The Bertz CT molecular complexity index is 695. The molecule has 0 saturated heterocycles. The number of rotatable bonds is 2. The molecule has 3 N–H and O–H groups in total. The molecule has 2 rings (SSSR count). The normalized spacial score (nSPS) is 9.75. The van der Waals surface area contributed by atoms with Gasteiger partial charge in [0.1, 0.15) is 5.76 Å². The van der Waals surface area contributed by atoms with Crippen LogP contribution in [0.25, 0.3) is 0 Å². The van der Waals surface area contributed by atoms with Gasteiger partial charge in [0.05, 0.1) is 12.2 Å². The highest BCUT2D eigenvalue weighted by Crippen LogP contribution is 2.21. The third-order valence-electron chi connectivity index (χ3n) is 2.52. The van der Waals surface area contributed by atoms with Gasteiger partial charge in [0.2, 0.25) is 0 Å². The van der Waals surface area contributed by atoms with E-state index in [9.17, 15) is 4.79 Å². The molecule has 0 saturated carbocycles. The Labute approximate surface area is 121 Å². The van der Waals surface area contributed by atoms with Crippen molar-refractivity contribution in [3.05, 3.63) is 52.4 Å². The standard InChI is InChI=1S/C15H13ClN2O2/c1-10-4-7-14(20-10)15(19)18-13-6-5-12(16)9-11(13)3-2-8-17/h4-7,9H,8,17H2,1H3,(H,18,19). The molecule has 0 aliphatic carbocycles. The van der Waals surface area contributed by atoms with Crippen LogP contribution < -0.4 is 11.1 Å². The molecule has 20 heavy (non-hydrogen) atoms. The van der Waals surface area contributed by atoms with Gasteiger partial charge >= 0.3 is 0 Å². The summed E-state index contributed by atoms with van der Waals surface area (Å²) in [6.45, 7) is 2.01. The highest BCUT2D eigenvalue weighted by atomic mass is 35.5. The van der Waals surface area contributed by atoms with Gasteiger partial charge in [-0.15, -0.1) is 0 Å². The fourth-order valence-electron chi connectivity index (χ4n) is 1.62. The molecule has 0 bridgehead atoms. The summed E-state index contributed by atoms with van der Waals surface area (Å²) in [5.41, 5.74) is 6.53. The average molecular weight is 289 g/mol. The number of furan rings is 1. The molecule has 5 heteroatoms. The molecule has 102 valence electrons. The molecule has 2 aromatic rings. The highest BCUT2D eigenvalue weighted by molar-refractivity contribution is 6.30. The molecular weight excluding hydrogens is 276 g/mol. The molecule has 1 amide bonds. The zero-order valence-corrected chi connectivity index (χ0v) is 11.6. The van der Waals surface area contributed by atoms with Crippen LogP contribution in [0.2, 0.25) is 5.02 Å². The minimum absolute atomic E-state index is 0.233. The van der Waals surface area contributed by atoms with Crippen LogP contribution in [-0.4, -0.2) is 12.5 Å². The average Bonchev–Trinajstić information content (AvgIpc) is 2.85. The lowest BCUT2D eigenvalue weighted by atomic mass is 10.1. The molecule has 1 aromatic carbocycles. The molecular formula is C15H13ClN2O2. The van der Waals surface area contributed by atoms with E-state index in [-0.39, 0.29) is 18.2 Å². The summed E-state index contributed by atoms with van der Waals surface area (Å²) in [4.78, 5) is 12.0. The first kappa shape index (κ1) is 14.2. The SMILES string of the molecule is Cc1ccc(C(=O)Nc2ccc(Cl)cc2C#CCN)o1. The predicted molar refractivity (Wildman–Crippen MR) is 78.8 cm³/mol. The number of aryl methyl sites for hydroxylation is 1. The number of nitrogens with one attached hydrogen (secondary N) is 1. The minimum atomic E-state index is -0.337. The number of hydrogen-bond donors (Lipinski definition) is 2. The van der Waals surface area contributed by atoms with E-state index in [4.69, 9.17) is 21.8 Å². The number of halogens is 1. The van der Waals surface area contributed by atoms with Gasteiger partial charge in [-0.05, 0) is 37.3 Å². The first-order valence-electron chi connectivity index (χ1n) is 5.96. The summed E-state index contributed by atoms with van der Waals surface area (Å²) in [6.07, 6.45) is 0. The Morgan fingerprint density at radius 3 is 2.85 bits per heavy atom. The van der Waals surface area contributed by atoms with Crippen LogP contribution in [0.5, 0.6) is 0 Å². The fraction of sp³-hybridized carbons (Fsp3) is 0.133. The van der Waals surface area contributed by atoms with Crippen molar-refractivity contribution < 1.29 is 9.21 Å². The summed E-state index contributed by atoms with van der Waals surface area (Å²) in [5, 5.41) is 3.28. The Balaban J connectivity index is 2.26. The van der Waals surface area contributed by atoms with Gasteiger partial charge in [-0.2, -0.15) is 0 Å². The molecule has 0 aliphatic heterocycles. The molecule has 0 atom stereocenters. The monoisotopic (exact) mass is 288 g/mol. The van der Waals surface area contributed by atoms with Crippen molar-refractivity contribution in [1.29, 1.82) is 0 Å². The first-order valence-corrected chi connectivity index (χ1v) is 6.34. The van der Waals surface area contributed by atoms with Gasteiger partial charge in [0, 0.05) is 10.6 Å². The van der Waals surface area contributed by atoms with E-state index in [0.29, 0.717) is 22.0 Å². The van der Waals surface area contributed by atoms with Crippen LogP contribution in [0.4, 0.5) is 5.69 Å². The summed E-state index contributed by atoms with van der Waals surface area (Å²) in [6, 6.07) is 8.39. The van der Waals surface area contributed by atoms with Crippen LogP contribution in [0.3, 0.4) is 0 Å². The molecule has 0 radical (unpaired) electrons. The third kappa shape index (κ3) is 3.41. The van der Waals surface area contributed by atoms with Gasteiger partial charge in [-0.3, -0.25) is 4.79 Å². The summed E-state index contributed by atoms with van der Waals surface area (Å²) >= 11 is 5.92. The lowest BCUT2D eigenvalue weighted by Gasteiger charge is -2.06. The lowest BCUT2D eigenvalue weighted by Crippen LogP contribution is -2.12. The zero-order chi connectivity index (χ0) is 14.5. The second-order valence-corrected chi connectivity index (χ2v) is 4.50. The van der Waals surface area contributed by atoms with E-state index in [2.05, 4.69) is 17.2 Å². The summed E-state index contributed by atoms with van der Waals surface area (Å²) in [5.74, 6) is 6.19. The van der Waals surface area contributed by atoms with E-state index in [1.165, 1.54) is 0 Å². The number of benzene rings is 1. The van der Waals surface area contributed by atoms with Crippen molar-refractivity contribution in [2.45, 2.75) is 6.92 Å². The van der Waals surface area contributed by atoms with Crippen molar-refractivity contribution in [3.63, 3.8) is 0 Å². The summed E-state index contributed by atoms with van der Waals surface area (Å²) < 4.78 is 5.27. The van der Waals surface area contributed by atoms with Crippen molar-refractivity contribution in [2.24, 2.45) is 5.73 Å². The number of carbonyl (C=O) groups is 1. The van der Waals surface area contributed by atoms with Crippen LogP contribution in [0.1, 0.15) is 21.9 Å². The first-order chi connectivity index (χ1) is 9.60. The van der Waals surface area contributed by atoms with Crippen LogP contribution in [0, 0.1) is 18.8 Å². The molecule has 0 spiro atoms. The molecule has 1 aromatic heterocycles. The van der Waals surface area contributed by atoms with E-state index in [1.807, 2.05) is 0 Å². The van der Waals surface area contributed by atoms with Gasteiger partial charge < -0.3 is 15.5 Å². The van der Waals surface area contributed by atoms with E-state index < -0.39 is 0 Å². The number of hydrogen-bond acceptors (Lipinski definition) is 3. The molecule has 4 nitrogen and oxygen atoms in total. The zero-order valence-electron chi connectivity index (χ0n) is 10.9. The molecule has 1 heterocycles. The van der Waals surface area contributed by atoms with Gasteiger partial charge in [0.15, 0.2) is 5.76 Å². The predicted octanol–water partition coefficient (Wildman–Crippen LogP) is 2.80. The van der Waals surface area contributed by atoms with Crippen LogP contribution in [-0.2, 0) is 0 Å². The third-order valence-corrected chi connectivity index (χ3v) is 2.75. The number of amides is 1. The van der Waals surface area contributed by atoms with Gasteiger partial charge in [-0.25, -0.2) is 0 Å². The molecule has 0 aliphatic rings. The number of anilines is 1. The van der Waals surface area contributed by atoms with Gasteiger partial charge in [-0.1, -0.05) is 23.4 Å². The van der Waals surface area contributed by atoms with E-state index >= 15 is 0 Å². The maximum Gasteiger partial charge on any atom is 0.291 e. The van der Waals surface area contributed by atoms with Crippen molar-refractivity contribution >= 4 is 23.2 Å². The van der Waals surface area contributed by atoms with Crippen molar-refractivity contribution in [3.8, 4) is 11.8 Å². The minimum Gasteiger partial charge on any atom is -0.456 e. The highest BCUT2D eigenvalue weighted by Gasteiger charge is 2.12. The second kappa shape index (κ2) is 6.29. The van der Waals surface area contributed by atoms with Gasteiger partial charge in [0.25, 0.3) is 5.91 Å². The van der Waals surface area contributed by atoms with E-state index in [0.717, 1.165) is 0 Å². The molecule has 0 fully saturated rings. The number of carbonyl (C=O) groups excluding carboxylic acids is 1. The maximum absolute atomic E-state index is 12.0. The smallest absolute Gasteiger partial charge is 0.291 e. The Morgan fingerprint density at radius 1 is 1.40 bits per heavy atom. The van der Waals surface area contributed by atoms with Crippen LogP contribution in [0.15, 0.2) is 34.7 Å². The largest absolute Gasteiger partial charge is 0.456 e. The number of nitrogens with two attached hydrogens (primary N) is 1. The van der Waals surface area contributed by atoms with Crippen molar-refractivity contribution in [2.75, 3.05) is 11.9 Å². The Kier molecular flexibility index (Phi) is 4.46. The Morgan fingerprint density at radius 2 is 2.20 bits per heavy atom. The van der Waals surface area contributed by atoms with Crippen LogP contribution >= 0.6 is 11.6 Å².